The molecule has 0 bridgehead atoms. The predicted octanol–water partition coefficient (Wildman–Crippen LogP) is 7.35. The fraction of sp³-hybridized carbons (Fsp3) is 0.364. The van der Waals surface area contributed by atoms with Crippen LogP contribution in [0.1, 0.15) is 60.9 Å². The van der Waals surface area contributed by atoms with Gasteiger partial charge in [0.1, 0.15) is 5.75 Å². The molecule has 5 atom stereocenters. The number of hydrazone groups is 1. The van der Waals surface area contributed by atoms with Gasteiger partial charge in [-0.1, -0.05) is 115 Å². The highest BCUT2D eigenvalue weighted by Gasteiger charge is 2.50. The van der Waals surface area contributed by atoms with Gasteiger partial charge in [0.25, 0.3) is 0 Å². The lowest BCUT2D eigenvalue weighted by Crippen LogP contribution is -2.50. The quantitative estimate of drug-likeness (QED) is 0.120. The predicted molar refractivity (Wildman–Crippen MR) is 216 cm³/mol. The SMILES string of the molecule is COc1ccc([Si](C)(C)[C@H]2[C@H](C)[C@H](CCc3ccc(N4N=C(c5ccccc5)CCC4=O)cc3)O[C@@H]2CCn2cc(C(CO)c3ccccc3)nn2)cc1. The van der Waals surface area contributed by atoms with E-state index >= 15 is 0 Å². The number of aryl methyl sites for hydroxylation is 2. The maximum Gasteiger partial charge on any atom is 0.247 e. The fourth-order valence-electron chi connectivity index (χ4n) is 8.52. The number of amides is 1. The summed E-state index contributed by atoms with van der Waals surface area (Å²) in [5, 5.41) is 26.9. The van der Waals surface area contributed by atoms with Crippen molar-refractivity contribution in [1.29, 1.82) is 0 Å². The number of aliphatic hydroxyl groups excluding tert-OH is 1. The van der Waals surface area contributed by atoms with Crippen molar-refractivity contribution in [3.05, 3.63) is 138 Å². The van der Waals surface area contributed by atoms with E-state index in [0.29, 0.717) is 30.8 Å². The number of rotatable bonds is 14. The number of hydrogen-bond donors (Lipinski definition) is 1. The van der Waals surface area contributed by atoms with Gasteiger partial charge in [-0.2, -0.15) is 5.10 Å². The molecule has 1 saturated heterocycles. The molecule has 54 heavy (non-hydrogen) atoms. The number of hydrogen-bond acceptors (Lipinski definition) is 7. The molecule has 0 spiro atoms. The van der Waals surface area contributed by atoms with Gasteiger partial charge in [-0.25, -0.2) is 5.01 Å². The van der Waals surface area contributed by atoms with Crippen molar-refractivity contribution in [2.45, 2.75) is 82.3 Å². The van der Waals surface area contributed by atoms with Crippen molar-refractivity contribution in [3.8, 4) is 5.75 Å². The smallest absolute Gasteiger partial charge is 0.247 e. The van der Waals surface area contributed by atoms with E-state index in [1.54, 1.807) is 12.1 Å². The van der Waals surface area contributed by atoms with Crippen LogP contribution in [0.3, 0.4) is 0 Å². The van der Waals surface area contributed by atoms with Gasteiger partial charge in [-0.05, 0) is 71.7 Å². The molecule has 0 radical (unpaired) electrons. The number of anilines is 1. The highest BCUT2D eigenvalue weighted by atomic mass is 28.3. The maximum atomic E-state index is 12.9. The van der Waals surface area contributed by atoms with Crippen molar-refractivity contribution in [2.75, 3.05) is 18.7 Å². The lowest BCUT2D eigenvalue weighted by Gasteiger charge is -2.36. The van der Waals surface area contributed by atoms with E-state index in [9.17, 15) is 9.90 Å². The van der Waals surface area contributed by atoms with Gasteiger partial charge < -0.3 is 14.6 Å². The zero-order chi connectivity index (χ0) is 37.7. The molecule has 1 amide bonds. The summed E-state index contributed by atoms with van der Waals surface area (Å²) in [5.41, 5.74) is 6.17. The summed E-state index contributed by atoms with van der Waals surface area (Å²) in [6.07, 6.45) is 5.83. The van der Waals surface area contributed by atoms with Crippen molar-refractivity contribution in [2.24, 2.45) is 11.0 Å². The second-order valence-corrected chi connectivity index (χ2v) is 19.9. The third kappa shape index (κ3) is 8.11. The fourth-order valence-corrected chi connectivity index (χ4v) is 12.6. The average Bonchev–Trinajstić information content (AvgIpc) is 3.81. The van der Waals surface area contributed by atoms with Crippen molar-refractivity contribution in [1.82, 2.24) is 15.0 Å². The number of benzene rings is 4. The zero-order valence-corrected chi connectivity index (χ0v) is 32.7. The first-order chi connectivity index (χ1) is 26.2. The summed E-state index contributed by atoms with van der Waals surface area (Å²) in [5.74, 6) is 1.03. The first-order valence-corrected chi connectivity index (χ1v) is 22.2. The molecule has 5 aromatic rings. The van der Waals surface area contributed by atoms with Crippen LogP contribution in [-0.2, 0) is 22.5 Å². The molecule has 0 saturated carbocycles. The van der Waals surface area contributed by atoms with Gasteiger partial charge in [0.05, 0.1) is 57.0 Å². The van der Waals surface area contributed by atoms with Crippen LogP contribution < -0.4 is 14.9 Å². The molecule has 7 rings (SSSR count). The highest BCUT2D eigenvalue weighted by molar-refractivity contribution is 6.91. The van der Waals surface area contributed by atoms with E-state index < -0.39 is 8.07 Å². The van der Waals surface area contributed by atoms with Crippen molar-refractivity contribution < 1.29 is 19.4 Å². The maximum absolute atomic E-state index is 12.9. The Kier molecular flexibility index (Phi) is 11.5. The summed E-state index contributed by atoms with van der Waals surface area (Å²) in [6.45, 7) is 7.97. The van der Waals surface area contributed by atoms with E-state index in [1.807, 2.05) is 83.7 Å². The Hall–Kier alpha value is -4.90. The number of aliphatic hydroxyl groups is 1. The Labute approximate surface area is 319 Å². The number of nitrogens with zero attached hydrogens (tertiary/aromatic N) is 5. The lowest BCUT2D eigenvalue weighted by atomic mass is 9.95. The van der Waals surface area contributed by atoms with Crippen LogP contribution in [0.25, 0.3) is 0 Å². The molecule has 1 N–H and O–H groups in total. The molecule has 2 aliphatic heterocycles. The molecular formula is C44H51N5O4Si. The Morgan fingerprint density at radius 3 is 2.28 bits per heavy atom. The van der Waals surface area contributed by atoms with Crippen LogP contribution in [0.2, 0.25) is 18.6 Å². The van der Waals surface area contributed by atoms with E-state index in [1.165, 1.54) is 10.8 Å². The molecule has 10 heteroatoms. The van der Waals surface area contributed by atoms with Gasteiger partial charge in [0.15, 0.2) is 0 Å². The van der Waals surface area contributed by atoms with Gasteiger partial charge in [-0.15, -0.1) is 5.10 Å². The van der Waals surface area contributed by atoms with Crippen LogP contribution in [-0.4, -0.2) is 65.7 Å². The van der Waals surface area contributed by atoms with Crippen molar-refractivity contribution >= 4 is 30.6 Å². The molecule has 1 unspecified atom stereocenters. The molecule has 0 aliphatic carbocycles. The summed E-state index contributed by atoms with van der Waals surface area (Å²) < 4.78 is 14.4. The minimum absolute atomic E-state index is 0.0165. The first kappa shape index (κ1) is 37.4. The normalized spacial score (nSPS) is 20.9. The van der Waals surface area contributed by atoms with Gasteiger partial charge >= 0.3 is 0 Å². The Bertz CT molecular complexity index is 2020. The second kappa shape index (κ2) is 16.6. The Morgan fingerprint density at radius 2 is 1.59 bits per heavy atom. The summed E-state index contributed by atoms with van der Waals surface area (Å²) in [6, 6.07) is 37.0. The molecule has 280 valence electrons. The van der Waals surface area contributed by atoms with E-state index in [0.717, 1.165) is 53.2 Å². The van der Waals surface area contributed by atoms with E-state index in [4.69, 9.17) is 14.6 Å². The summed E-state index contributed by atoms with van der Waals surface area (Å²) >= 11 is 0. The van der Waals surface area contributed by atoms with Crippen LogP contribution >= 0.6 is 0 Å². The third-order valence-corrected chi connectivity index (χ3v) is 15.9. The zero-order valence-electron chi connectivity index (χ0n) is 31.7. The van der Waals surface area contributed by atoms with Gasteiger partial charge in [0, 0.05) is 25.6 Å². The minimum Gasteiger partial charge on any atom is -0.497 e. The third-order valence-electron chi connectivity index (χ3n) is 11.5. The van der Waals surface area contributed by atoms with Crippen LogP contribution in [0.4, 0.5) is 5.69 Å². The van der Waals surface area contributed by atoms with Crippen LogP contribution in [0, 0.1) is 5.92 Å². The topological polar surface area (TPSA) is 102 Å². The Balaban J connectivity index is 1.06. The van der Waals surface area contributed by atoms with E-state index in [2.05, 4.69) is 66.7 Å². The number of carbonyl (C=O) groups excluding carboxylic acids is 1. The highest BCUT2D eigenvalue weighted by Crippen LogP contribution is 2.46. The molecule has 1 fully saturated rings. The average molecular weight is 742 g/mol. The molecule has 4 aromatic carbocycles. The first-order valence-electron chi connectivity index (χ1n) is 19.2. The molecular weight excluding hydrogens is 691 g/mol. The monoisotopic (exact) mass is 741 g/mol. The van der Waals surface area contributed by atoms with Gasteiger partial charge in [0.2, 0.25) is 5.91 Å². The summed E-state index contributed by atoms with van der Waals surface area (Å²) in [4.78, 5) is 12.9. The van der Waals surface area contributed by atoms with Crippen LogP contribution in [0.15, 0.2) is 120 Å². The molecule has 2 aliphatic rings. The molecule has 1 aromatic heterocycles. The number of methoxy groups -OCH3 is 1. The van der Waals surface area contributed by atoms with Crippen molar-refractivity contribution in [3.63, 3.8) is 0 Å². The van der Waals surface area contributed by atoms with E-state index in [-0.39, 0.29) is 30.6 Å². The Morgan fingerprint density at radius 1 is 0.889 bits per heavy atom. The minimum atomic E-state index is -2.03. The second-order valence-electron chi connectivity index (χ2n) is 15.2. The number of ether oxygens (including phenoxy) is 2. The van der Waals surface area contributed by atoms with Crippen LogP contribution in [0.5, 0.6) is 5.75 Å². The molecule has 9 nitrogen and oxygen atoms in total. The number of aromatic nitrogens is 3. The van der Waals surface area contributed by atoms with Gasteiger partial charge in [-0.3, -0.25) is 9.48 Å². The largest absolute Gasteiger partial charge is 0.497 e. The summed E-state index contributed by atoms with van der Waals surface area (Å²) in [7, 11) is -0.323. The number of carbonyl (C=O) groups is 1. The lowest BCUT2D eigenvalue weighted by molar-refractivity contribution is -0.118. The standard InChI is InChI=1S/C44H51N5O4Si/c1-31-41(25-17-32-15-18-35(19-16-32)49-43(51)26-24-39(46-49)34-13-9-6-10-14-34)53-42(44(31)54(3,4)37-22-20-36(52-2)21-23-37)27-28-48-29-40(45-47-48)38(30-50)33-11-7-5-8-12-33/h5-16,18-23,29,31,38,41-42,44,50H,17,24-28,30H2,1-4H3/t31-,38?,41+,42-,44+/m1/s1. The molecule has 3 heterocycles.